The molecule has 17 heavy (non-hydrogen) atoms. The fourth-order valence-corrected chi connectivity index (χ4v) is 1.51. The molecule has 1 N–H and O–H groups in total. The molecule has 3 nitrogen and oxygen atoms in total. The molecule has 86 valence electrons. The molecule has 0 bridgehead atoms. The molecule has 0 radical (unpaired) electrons. The van der Waals surface area contributed by atoms with E-state index in [1.807, 2.05) is 0 Å². The SMILES string of the molecule is O=C(O)c1cccc(Cc2ccc(F)cc2)n1. The zero-order valence-corrected chi connectivity index (χ0v) is 8.93. The number of aromatic nitrogens is 1. The van der Waals surface area contributed by atoms with Gasteiger partial charge >= 0.3 is 5.97 Å². The van der Waals surface area contributed by atoms with Gasteiger partial charge in [0.05, 0.1) is 0 Å². The standard InChI is InChI=1S/C13H10FNO2/c14-10-6-4-9(5-7-10)8-11-2-1-3-12(15-11)13(16)17/h1-7H,8H2,(H,16,17). The lowest BCUT2D eigenvalue weighted by atomic mass is 10.1. The number of halogens is 1. The van der Waals surface area contributed by atoms with Crippen LogP contribution in [0.25, 0.3) is 0 Å². The Kier molecular flexibility index (Phi) is 3.14. The Morgan fingerprint density at radius 1 is 1.18 bits per heavy atom. The van der Waals surface area contributed by atoms with Crippen LogP contribution in [0.4, 0.5) is 4.39 Å². The summed E-state index contributed by atoms with van der Waals surface area (Å²) in [5.74, 6) is -1.34. The van der Waals surface area contributed by atoms with Crippen LogP contribution in [-0.2, 0) is 6.42 Å². The number of pyridine rings is 1. The second-order valence-corrected chi connectivity index (χ2v) is 3.62. The lowest BCUT2D eigenvalue weighted by molar-refractivity contribution is 0.0690. The van der Waals surface area contributed by atoms with Gasteiger partial charge < -0.3 is 5.11 Å². The summed E-state index contributed by atoms with van der Waals surface area (Å²) in [7, 11) is 0. The van der Waals surface area contributed by atoms with Crippen molar-refractivity contribution in [3.05, 3.63) is 65.2 Å². The number of hydrogen-bond acceptors (Lipinski definition) is 2. The van der Waals surface area contributed by atoms with Gasteiger partial charge in [-0.15, -0.1) is 0 Å². The van der Waals surface area contributed by atoms with Crippen LogP contribution in [0.3, 0.4) is 0 Å². The van der Waals surface area contributed by atoms with Crippen molar-refractivity contribution in [1.82, 2.24) is 4.98 Å². The maximum Gasteiger partial charge on any atom is 0.354 e. The Hall–Kier alpha value is -2.23. The molecular formula is C13H10FNO2. The first-order chi connectivity index (χ1) is 8.15. The van der Waals surface area contributed by atoms with Crippen molar-refractivity contribution in [2.24, 2.45) is 0 Å². The van der Waals surface area contributed by atoms with E-state index >= 15 is 0 Å². The van der Waals surface area contributed by atoms with E-state index in [0.29, 0.717) is 12.1 Å². The highest BCUT2D eigenvalue weighted by Gasteiger charge is 2.05. The monoisotopic (exact) mass is 231 g/mol. The van der Waals surface area contributed by atoms with Crippen molar-refractivity contribution in [3.63, 3.8) is 0 Å². The summed E-state index contributed by atoms with van der Waals surface area (Å²) in [5.41, 5.74) is 1.56. The highest BCUT2D eigenvalue weighted by atomic mass is 19.1. The van der Waals surface area contributed by atoms with Crippen molar-refractivity contribution in [2.75, 3.05) is 0 Å². The Balaban J connectivity index is 2.21. The molecule has 1 aromatic heterocycles. The van der Waals surface area contributed by atoms with Crippen molar-refractivity contribution >= 4 is 5.97 Å². The molecule has 0 atom stereocenters. The lowest BCUT2D eigenvalue weighted by Crippen LogP contribution is -2.02. The highest BCUT2D eigenvalue weighted by molar-refractivity contribution is 5.85. The first-order valence-corrected chi connectivity index (χ1v) is 5.09. The van der Waals surface area contributed by atoms with E-state index in [1.165, 1.54) is 18.2 Å². The number of carboxylic acids is 1. The molecule has 4 heteroatoms. The molecule has 0 saturated heterocycles. The second-order valence-electron chi connectivity index (χ2n) is 3.62. The second kappa shape index (κ2) is 4.74. The Bertz CT molecular complexity index is 537. The fraction of sp³-hybridized carbons (Fsp3) is 0.0769. The fourth-order valence-electron chi connectivity index (χ4n) is 1.51. The number of carbonyl (C=O) groups is 1. The van der Waals surface area contributed by atoms with Crippen LogP contribution in [0, 0.1) is 5.82 Å². The molecule has 0 fully saturated rings. The zero-order valence-electron chi connectivity index (χ0n) is 8.93. The van der Waals surface area contributed by atoms with Gasteiger partial charge in [0, 0.05) is 12.1 Å². The summed E-state index contributed by atoms with van der Waals surface area (Å²) in [4.78, 5) is 14.7. The quantitative estimate of drug-likeness (QED) is 0.882. The molecule has 2 aromatic rings. The van der Waals surface area contributed by atoms with E-state index in [0.717, 1.165) is 5.56 Å². The maximum atomic E-state index is 12.7. The summed E-state index contributed by atoms with van der Waals surface area (Å²) >= 11 is 0. The first kappa shape index (κ1) is 11.3. The van der Waals surface area contributed by atoms with Crippen molar-refractivity contribution in [3.8, 4) is 0 Å². The number of aromatic carboxylic acids is 1. The van der Waals surface area contributed by atoms with Crippen LogP contribution in [0.5, 0.6) is 0 Å². The van der Waals surface area contributed by atoms with Gasteiger partial charge in [-0.3, -0.25) is 0 Å². The molecule has 0 spiro atoms. The molecule has 0 saturated carbocycles. The van der Waals surface area contributed by atoms with Gasteiger partial charge in [0.1, 0.15) is 11.5 Å². The third-order valence-corrected chi connectivity index (χ3v) is 2.32. The van der Waals surface area contributed by atoms with Crippen molar-refractivity contribution in [2.45, 2.75) is 6.42 Å². The molecule has 0 amide bonds. The van der Waals surface area contributed by atoms with Crippen LogP contribution in [0.15, 0.2) is 42.5 Å². The predicted octanol–water partition coefficient (Wildman–Crippen LogP) is 2.51. The average Bonchev–Trinajstić information content (AvgIpc) is 2.32. The molecule has 0 aliphatic heterocycles. The molecule has 0 aliphatic carbocycles. The van der Waals surface area contributed by atoms with Gasteiger partial charge in [-0.1, -0.05) is 18.2 Å². The summed E-state index contributed by atoms with van der Waals surface area (Å²) < 4.78 is 12.7. The van der Waals surface area contributed by atoms with Crippen molar-refractivity contribution < 1.29 is 14.3 Å². The van der Waals surface area contributed by atoms with Crippen LogP contribution in [-0.4, -0.2) is 16.1 Å². The van der Waals surface area contributed by atoms with Gasteiger partial charge in [0.2, 0.25) is 0 Å². The first-order valence-electron chi connectivity index (χ1n) is 5.09. The normalized spacial score (nSPS) is 10.2. The predicted molar refractivity (Wildman–Crippen MR) is 60.4 cm³/mol. The minimum absolute atomic E-state index is 0.0182. The topological polar surface area (TPSA) is 50.2 Å². The van der Waals surface area contributed by atoms with Crippen LogP contribution in [0.1, 0.15) is 21.7 Å². The molecule has 0 unspecified atom stereocenters. The van der Waals surface area contributed by atoms with Gasteiger partial charge in [0.25, 0.3) is 0 Å². The van der Waals surface area contributed by atoms with Crippen LogP contribution < -0.4 is 0 Å². The summed E-state index contributed by atoms with van der Waals surface area (Å²) in [6.07, 6.45) is 0.487. The van der Waals surface area contributed by atoms with E-state index in [4.69, 9.17) is 5.11 Å². The van der Waals surface area contributed by atoms with E-state index in [-0.39, 0.29) is 11.5 Å². The molecule has 1 aromatic carbocycles. The molecule has 1 heterocycles. The molecule has 2 rings (SSSR count). The number of hydrogen-bond donors (Lipinski definition) is 1. The van der Waals surface area contributed by atoms with E-state index in [2.05, 4.69) is 4.98 Å². The number of carboxylic acid groups (broad SMARTS) is 1. The smallest absolute Gasteiger partial charge is 0.354 e. The van der Waals surface area contributed by atoms with Gasteiger partial charge in [0.15, 0.2) is 0 Å². The Morgan fingerprint density at radius 3 is 2.53 bits per heavy atom. The van der Waals surface area contributed by atoms with Gasteiger partial charge in [-0.05, 0) is 29.8 Å². The van der Waals surface area contributed by atoms with Crippen molar-refractivity contribution in [1.29, 1.82) is 0 Å². The van der Waals surface area contributed by atoms with Gasteiger partial charge in [-0.25, -0.2) is 14.2 Å². The minimum Gasteiger partial charge on any atom is -0.477 e. The highest BCUT2D eigenvalue weighted by Crippen LogP contribution is 2.09. The van der Waals surface area contributed by atoms with E-state index in [9.17, 15) is 9.18 Å². The zero-order chi connectivity index (χ0) is 12.3. The van der Waals surface area contributed by atoms with Crippen LogP contribution in [0.2, 0.25) is 0 Å². The Morgan fingerprint density at radius 2 is 1.88 bits per heavy atom. The molecule has 0 aliphatic rings. The van der Waals surface area contributed by atoms with E-state index < -0.39 is 5.97 Å². The summed E-state index contributed by atoms with van der Waals surface area (Å²) in [6, 6.07) is 10.9. The lowest BCUT2D eigenvalue weighted by Gasteiger charge is -2.02. The Labute approximate surface area is 97.6 Å². The van der Waals surface area contributed by atoms with E-state index in [1.54, 1.807) is 24.3 Å². The minimum atomic E-state index is -1.05. The largest absolute Gasteiger partial charge is 0.477 e. The third kappa shape index (κ3) is 2.87. The molecular weight excluding hydrogens is 221 g/mol. The van der Waals surface area contributed by atoms with Gasteiger partial charge in [-0.2, -0.15) is 0 Å². The summed E-state index contributed by atoms with van der Waals surface area (Å²) in [6.45, 7) is 0. The third-order valence-electron chi connectivity index (χ3n) is 2.32. The van der Waals surface area contributed by atoms with Crippen LogP contribution >= 0.6 is 0 Å². The maximum absolute atomic E-state index is 12.7. The average molecular weight is 231 g/mol. The summed E-state index contributed by atoms with van der Waals surface area (Å²) in [5, 5.41) is 8.80. The number of rotatable bonds is 3. The number of benzene rings is 1. The number of nitrogens with zero attached hydrogens (tertiary/aromatic N) is 1.